The lowest BCUT2D eigenvalue weighted by molar-refractivity contribution is 0.0218. The summed E-state index contributed by atoms with van der Waals surface area (Å²) in [6.07, 6.45) is -0.568. The van der Waals surface area contributed by atoms with E-state index < -0.39 is 43.7 Å². The minimum absolute atomic E-state index is 0.0764. The van der Waals surface area contributed by atoms with Crippen molar-refractivity contribution in [3.63, 3.8) is 0 Å². The number of sulfonamides is 1. The summed E-state index contributed by atoms with van der Waals surface area (Å²) < 4.78 is 75.1. The van der Waals surface area contributed by atoms with E-state index in [2.05, 4.69) is 0 Å². The molecule has 0 aliphatic rings. The van der Waals surface area contributed by atoms with Gasteiger partial charge in [-0.2, -0.15) is 0 Å². The molecular weight excluding hydrogens is 336 g/mol. The largest absolute Gasteiger partial charge is 0.261 e. The fourth-order valence-electron chi connectivity index (χ4n) is 1.74. The summed E-state index contributed by atoms with van der Waals surface area (Å²) in [5.74, 6) is -5.16. The van der Waals surface area contributed by atoms with E-state index in [0.717, 1.165) is 4.31 Å². The number of hydrogen-bond acceptors (Lipinski definition) is 4. The molecule has 0 aromatic heterocycles. The molecule has 1 rings (SSSR count). The van der Waals surface area contributed by atoms with Gasteiger partial charge in [-0.25, -0.2) is 29.9 Å². The number of hydrogen-bond donors (Lipinski definition) is 0. The van der Waals surface area contributed by atoms with Crippen LogP contribution in [0.2, 0.25) is 0 Å². The fourth-order valence-corrected chi connectivity index (χ4v) is 4.34. The molecule has 0 bridgehead atoms. The third-order valence-electron chi connectivity index (χ3n) is 3.01. The Bertz CT molecular complexity index is 728. The number of benzene rings is 1. The van der Waals surface area contributed by atoms with Crippen LogP contribution in [-0.4, -0.2) is 46.9 Å². The van der Waals surface area contributed by atoms with Gasteiger partial charge in [0.1, 0.15) is 5.75 Å². The molecule has 1 aromatic rings. The van der Waals surface area contributed by atoms with Gasteiger partial charge in [0.25, 0.3) is 5.92 Å². The normalized spacial score (nSPS) is 13.5. The molecule has 0 amide bonds. The molecule has 22 heavy (non-hydrogen) atoms. The third kappa shape index (κ3) is 4.99. The molecule has 0 atom stereocenters. The van der Waals surface area contributed by atoms with Gasteiger partial charge in [-0.15, -0.1) is 0 Å². The van der Waals surface area contributed by atoms with Gasteiger partial charge < -0.3 is 0 Å². The zero-order chi connectivity index (χ0) is 17.2. The topological polar surface area (TPSA) is 71.5 Å². The Hall–Kier alpha value is -1.06. The molecule has 126 valence electrons. The number of nitrogens with zero attached hydrogens (tertiary/aromatic N) is 1. The molecule has 0 N–H and O–H groups in total. The molecule has 0 spiro atoms. The highest BCUT2D eigenvalue weighted by Crippen LogP contribution is 2.23. The summed E-state index contributed by atoms with van der Waals surface area (Å²) in [4.78, 5) is -0.0764. The molecule has 0 fully saturated rings. The van der Waals surface area contributed by atoms with E-state index in [-0.39, 0.29) is 10.5 Å². The van der Waals surface area contributed by atoms with Crippen LogP contribution in [0.3, 0.4) is 0 Å². The van der Waals surface area contributed by atoms with Gasteiger partial charge in [-0.3, -0.25) is 0 Å². The Morgan fingerprint density at radius 2 is 1.73 bits per heavy atom. The lowest BCUT2D eigenvalue weighted by atomic mass is 10.2. The molecule has 0 saturated carbocycles. The lowest BCUT2D eigenvalue weighted by Gasteiger charge is -2.15. The van der Waals surface area contributed by atoms with Crippen LogP contribution >= 0.6 is 0 Å². The van der Waals surface area contributed by atoms with Gasteiger partial charge in [0.05, 0.1) is 10.6 Å². The Balaban J connectivity index is 3.06. The van der Waals surface area contributed by atoms with E-state index in [1.54, 1.807) is 0 Å². The summed E-state index contributed by atoms with van der Waals surface area (Å²) in [5.41, 5.74) is 0.162. The molecule has 9 heteroatoms. The maximum atomic E-state index is 13.2. The Morgan fingerprint density at radius 3 is 2.23 bits per heavy atom. The van der Waals surface area contributed by atoms with Gasteiger partial charge in [0, 0.05) is 20.5 Å². The Labute approximate surface area is 129 Å². The summed E-state index contributed by atoms with van der Waals surface area (Å²) in [7, 11) is -5.05. The second-order valence-electron chi connectivity index (χ2n) is 5.18. The van der Waals surface area contributed by atoms with E-state index in [1.165, 1.54) is 45.3 Å². The maximum Gasteiger partial charge on any atom is 0.261 e. The molecule has 0 aliphatic heterocycles. The minimum Gasteiger partial charge on any atom is -0.228 e. The second-order valence-corrected chi connectivity index (χ2v) is 9.39. The highest BCUT2D eigenvalue weighted by Gasteiger charge is 2.33. The van der Waals surface area contributed by atoms with Crippen LogP contribution in [0, 0.1) is 0 Å². The van der Waals surface area contributed by atoms with Crippen molar-refractivity contribution in [3.8, 4) is 0 Å². The van der Waals surface area contributed by atoms with Crippen molar-refractivity contribution in [1.82, 2.24) is 4.31 Å². The predicted molar refractivity (Wildman–Crippen MR) is 80.0 cm³/mol. The van der Waals surface area contributed by atoms with Gasteiger partial charge in [0.2, 0.25) is 10.0 Å². The van der Waals surface area contributed by atoms with Crippen LogP contribution in [-0.2, 0) is 25.6 Å². The van der Waals surface area contributed by atoms with E-state index in [1.807, 2.05) is 0 Å². The first-order valence-corrected chi connectivity index (χ1v) is 9.75. The highest BCUT2D eigenvalue weighted by atomic mass is 32.2. The highest BCUT2D eigenvalue weighted by molar-refractivity contribution is 7.90. The van der Waals surface area contributed by atoms with E-state index in [9.17, 15) is 25.6 Å². The monoisotopic (exact) mass is 355 g/mol. The summed E-state index contributed by atoms with van der Waals surface area (Å²) in [6.45, 7) is 1.21. The van der Waals surface area contributed by atoms with Crippen LogP contribution < -0.4 is 0 Å². The maximum absolute atomic E-state index is 13.2. The van der Waals surface area contributed by atoms with Crippen LogP contribution in [0.25, 0.3) is 0 Å². The molecule has 0 heterocycles. The lowest BCUT2D eigenvalue weighted by Crippen LogP contribution is -2.28. The zero-order valence-corrected chi connectivity index (χ0v) is 14.2. The Morgan fingerprint density at radius 1 is 1.14 bits per heavy atom. The SMILES string of the molecule is CCC(F)(F)CS(=O)(=O)Cc1cccc(S(=O)(=O)N(C)C)c1. The number of halogens is 2. The second kappa shape index (κ2) is 6.59. The summed E-state index contributed by atoms with van der Waals surface area (Å²) in [5, 5.41) is 0. The standard InChI is InChI=1S/C13H19F2NO4S2/c1-4-13(14,15)10-21(17,18)9-11-6-5-7-12(8-11)22(19,20)16(2)3/h5-8H,4,9-10H2,1-3H3. The average molecular weight is 355 g/mol. The summed E-state index contributed by atoms with van der Waals surface area (Å²) >= 11 is 0. The van der Waals surface area contributed by atoms with Crippen molar-refractivity contribution < 1.29 is 25.6 Å². The van der Waals surface area contributed by atoms with Crippen molar-refractivity contribution in [2.24, 2.45) is 0 Å². The van der Waals surface area contributed by atoms with Crippen molar-refractivity contribution in [1.29, 1.82) is 0 Å². The minimum atomic E-state index is -4.05. The zero-order valence-electron chi connectivity index (χ0n) is 12.6. The molecular formula is C13H19F2NO4S2. The number of rotatable bonds is 7. The van der Waals surface area contributed by atoms with Gasteiger partial charge in [-0.05, 0) is 17.7 Å². The first-order chi connectivity index (χ1) is 9.89. The van der Waals surface area contributed by atoms with E-state index in [4.69, 9.17) is 0 Å². The number of alkyl halides is 2. The quantitative estimate of drug-likeness (QED) is 0.749. The Kier molecular flexibility index (Phi) is 5.69. The molecule has 0 saturated heterocycles. The van der Waals surface area contributed by atoms with Crippen molar-refractivity contribution in [2.75, 3.05) is 19.8 Å². The van der Waals surface area contributed by atoms with Crippen molar-refractivity contribution >= 4 is 19.9 Å². The van der Waals surface area contributed by atoms with E-state index >= 15 is 0 Å². The third-order valence-corrected chi connectivity index (χ3v) is 6.46. The van der Waals surface area contributed by atoms with E-state index in [0.29, 0.717) is 0 Å². The summed E-state index contributed by atoms with van der Waals surface area (Å²) in [6, 6.07) is 5.30. The smallest absolute Gasteiger partial charge is 0.228 e. The number of sulfone groups is 1. The average Bonchev–Trinajstić information content (AvgIpc) is 2.37. The first-order valence-electron chi connectivity index (χ1n) is 6.49. The van der Waals surface area contributed by atoms with Crippen LogP contribution in [0.15, 0.2) is 29.2 Å². The fraction of sp³-hybridized carbons (Fsp3) is 0.538. The van der Waals surface area contributed by atoms with Crippen LogP contribution in [0.1, 0.15) is 18.9 Å². The molecule has 0 aliphatic carbocycles. The van der Waals surface area contributed by atoms with Gasteiger partial charge in [-0.1, -0.05) is 19.1 Å². The molecule has 5 nitrogen and oxygen atoms in total. The van der Waals surface area contributed by atoms with Crippen molar-refractivity contribution in [2.45, 2.75) is 29.9 Å². The molecule has 0 unspecified atom stereocenters. The van der Waals surface area contributed by atoms with Gasteiger partial charge in [0.15, 0.2) is 9.84 Å². The first kappa shape index (κ1) is 19.0. The predicted octanol–water partition coefficient (Wildman–Crippen LogP) is 1.90. The van der Waals surface area contributed by atoms with Gasteiger partial charge >= 0.3 is 0 Å². The van der Waals surface area contributed by atoms with Crippen molar-refractivity contribution in [3.05, 3.63) is 29.8 Å². The van der Waals surface area contributed by atoms with Crippen LogP contribution in [0.5, 0.6) is 0 Å². The van der Waals surface area contributed by atoms with Crippen LogP contribution in [0.4, 0.5) is 8.78 Å². The molecule has 1 aromatic carbocycles. The molecule has 0 radical (unpaired) electrons.